The number of carbonyl (C=O) groups is 3. The largest absolute Gasteiger partial charge is 0.464 e. The number of furan rings is 1. The molecule has 0 aliphatic heterocycles. The molecule has 1 atom stereocenters. The van der Waals surface area contributed by atoms with Crippen LogP contribution in [0.2, 0.25) is 0 Å². The number of hydrogen-bond donors (Lipinski definition) is 1. The van der Waals surface area contributed by atoms with Crippen LogP contribution in [0.1, 0.15) is 24.4 Å². The number of hydrogen-bond acceptors (Lipinski definition) is 5. The fourth-order valence-corrected chi connectivity index (χ4v) is 1.49. The summed E-state index contributed by atoms with van der Waals surface area (Å²) < 4.78 is 9.72. The van der Waals surface area contributed by atoms with Crippen LogP contribution in [-0.2, 0) is 14.3 Å². The van der Waals surface area contributed by atoms with Gasteiger partial charge in [0.15, 0.2) is 5.76 Å². The van der Waals surface area contributed by atoms with E-state index in [1.165, 1.54) is 31.2 Å². The van der Waals surface area contributed by atoms with Crippen molar-refractivity contribution in [3.05, 3.63) is 24.2 Å². The summed E-state index contributed by atoms with van der Waals surface area (Å²) in [5.41, 5.74) is 0. The number of rotatable bonds is 6. The van der Waals surface area contributed by atoms with Crippen molar-refractivity contribution in [2.75, 3.05) is 20.2 Å². The molecule has 0 bridgehead atoms. The topological polar surface area (TPSA) is 88.9 Å². The Morgan fingerprint density at radius 1 is 1.45 bits per heavy atom. The van der Waals surface area contributed by atoms with Crippen LogP contribution in [-0.4, -0.2) is 48.9 Å². The minimum Gasteiger partial charge on any atom is -0.464 e. The lowest BCUT2D eigenvalue weighted by Crippen LogP contribution is -2.45. The molecular formula is C13H18N2O5. The van der Waals surface area contributed by atoms with Gasteiger partial charge in [0.1, 0.15) is 6.04 Å². The van der Waals surface area contributed by atoms with Crippen LogP contribution in [0.3, 0.4) is 0 Å². The van der Waals surface area contributed by atoms with Gasteiger partial charge in [-0.05, 0) is 26.0 Å². The first-order chi connectivity index (χ1) is 9.45. The third-order valence-electron chi connectivity index (χ3n) is 2.48. The molecule has 0 spiro atoms. The molecule has 2 amide bonds. The molecule has 7 nitrogen and oxygen atoms in total. The summed E-state index contributed by atoms with van der Waals surface area (Å²) in [7, 11) is 1.47. The van der Waals surface area contributed by atoms with E-state index < -0.39 is 23.8 Å². The molecule has 0 saturated carbocycles. The third-order valence-corrected chi connectivity index (χ3v) is 2.48. The number of nitrogens with one attached hydrogen (secondary N) is 1. The molecular weight excluding hydrogens is 264 g/mol. The van der Waals surface area contributed by atoms with Crippen LogP contribution in [0.5, 0.6) is 0 Å². The van der Waals surface area contributed by atoms with Crippen molar-refractivity contribution in [1.82, 2.24) is 10.2 Å². The molecule has 7 heteroatoms. The second-order valence-corrected chi connectivity index (χ2v) is 4.18. The number of amides is 2. The van der Waals surface area contributed by atoms with Crippen LogP contribution >= 0.6 is 0 Å². The summed E-state index contributed by atoms with van der Waals surface area (Å²) in [5.74, 6) is -1.22. The lowest BCUT2D eigenvalue weighted by Gasteiger charge is -2.17. The highest BCUT2D eigenvalue weighted by atomic mass is 16.5. The highest BCUT2D eigenvalue weighted by molar-refractivity contribution is 5.94. The van der Waals surface area contributed by atoms with Crippen LogP contribution in [0.4, 0.5) is 0 Å². The quantitative estimate of drug-likeness (QED) is 0.764. The smallest absolute Gasteiger partial charge is 0.328 e. The molecule has 0 saturated heterocycles. The van der Waals surface area contributed by atoms with Crippen LogP contribution in [0.25, 0.3) is 0 Å². The van der Waals surface area contributed by atoms with E-state index in [1.807, 2.05) is 0 Å². The molecule has 1 N–H and O–H groups in total. The Morgan fingerprint density at radius 2 is 2.15 bits per heavy atom. The number of nitrogens with zero attached hydrogens (tertiary/aromatic N) is 1. The van der Waals surface area contributed by atoms with Crippen molar-refractivity contribution in [3.8, 4) is 0 Å². The number of esters is 1. The maximum atomic E-state index is 11.8. The van der Waals surface area contributed by atoms with Crippen LogP contribution in [0.15, 0.2) is 22.8 Å². The van der Waals surface area contributed by atoms with Gasteiger partial charge in [-0.3, -0.25) is 9.59 Å². The first-order valence-corrected chi connectivity index (χ1v) is 6.20. The predicted molar refractivity (Wildman–Crippen MR) is 69.9 cm³/mol. The first kappa shape index (κ1) is 15.7. The monoisotopic (exact) mass is 282 g/mol. The van der Waals surface area contributed by atoms with E-state index >= 15 is 0 Å². The summed E-state index contributed by atoms with van der Waals surface area (Å²) in [6.45, 7) is 3.27. The van der Waals surface area contributed by atoms with E-state index in [2.05, 4.69) is 5.32 Å². The molecule has 1 heterocycles. The Balaban J connectivity index is 2.46. The standard InChI is InChI=1S/C13H18N2O5/c1-4-19-13(18)9(2)14-11(16)8-15(3)12(17)10-6-5-7-20-10/h5-7,9H,4,8H2,1-3H3,(H,14,16). The van der Waals surface area contributed by atoms with Crippen molar-refractivity contribution in [3.63, 3.8) is 0 Å². The molecule has 20 heavy (non-hydrogen) atoms. The van der Waals surface area contributed by atoms with Gasteiger partial charge < -0.3 is 19.4 Å². The van der Waals surface area contributed by atoms with E-state index in [1.54, 1.807) is 13.0 Å². The minimum absolute atomic E-state index is 0.152. The summed E-state index contributed by atoms with van der Waals surface area (Å²) in [4.78, 5) is 36.1. The molecule has 0 fully saturated rings. The zero-order chi connectivity index (χ0) is 15.1. The zero-order valence-corrected chi connectivity index (χ0v) is 11.7. The number of ether oxygens (including phenoxy) is 1. The fraction of sp³-hybridized carbons (Fsp3) is 0.462. The van der Waals surface area contributed by atoms with Crippen molar-refractivity contribution in [1.29, 1.82) is 0 Å². The van der Waals surface area contributed by atoms with Gasteiger partial charge in [-0.25, -0.2) is 4.79 Å². The SMILES string of the molecule is CCOC(=O)C(C)NC(=O)CN(C)C(=O)c1ccco1. The summed E-state index contributed by atoms with van der Waals surface area (Å²) >= 11 is 0. The van der Waals surface area contributed by atoms with Crippen molar-refractivity contribution < 1.29 is 23.5 Å². The van der Waals surface area contributed by atoms with Crippen LogP contribution < -0.4 is 5.32 Å². The number of likely N-dealkylation sites (N-methyl/N-ethyl adjacent to an activating group) is 1. The molecule has 1 aromatic heterocycles. The van der Waals surface area contributed by atoms with Gasteiger partial charge in [-0.15, -0.1) is 0 Å². The summed E-state index contributed by atoms with van der Waals surface area (Å²) in [6, 6.07) is 2.34. The maximum absolute atomic E-state index is 11.8. The Labute approximate surface area is 116 Å². The molecule has 1 unspecified atom stereocenters. The van der Waals surface area contributed by atoms with Gasteiger partial charge in [0.25, 0.3) is 5.91 Å². The van der Waals surface area contributed by atoms with Crippen LogP contribution in [0, 0.1) is 0 Å². The van der Waals surface area contributed by atoms with E-state index in [4.69, 9.17) is 9.15 Å². The van der Waals surface area contributed by atoms with E-state index in [0.29, 0.717) is 0 Å². The van der Waals surface area contributed by atoms with Gasteiger partial charge in [0.05, 0.1) is 19.4 Å². The Kier molecular flexibility index (Phi) is 5.76. The minimum atomic E-state index is -0.755. The third kappa shape index (κ3) is 4.42. The highest BCUT2D eigenvalue weighted by Gasteiger charge is 2.20. The zero-order valence-electron chi connectivity index (χ0n) is 11.7. The highest BCUT2D eigenvalue weighted by Crippen LogP contribution is 2.03. The van der Waals surface area contributed by atoms with E-state index in [0.717, 1.165) is 0 Å². The Morgan fingerprint density at radius 3 is 2.70 bits per heavy atom. The first-order valence-electron chi connectivity index (χ1n) is 6.20. The second kappa shape index (κ2) is 7.32. The summed E-state index contributed by atoms with van der Waals surface area (Å²) in [6.07, 6.45) is 1.38. The van der Waals surface area contributed by atoms with Gasteiger partial charge in [0, 0.05) is 7.05 Å². The van der Waals surface area contributed by atoms with Gasteiger partial charge >= 0.3 is 5.97 Å². The molecule has 0 aliphatic carbocycles. The van der Waals surface area contributed by atoms with Crippen molar-refractivity contribution >= 4 is 17.8 Å². The lowest BCUT2D eigenvalue weighted by atomic mass is 10.3. The van der Waals surface area contributed by atoms with Gasteiger partial charge in [0.2, 0.25) is 5.91 Å². The predicted octanol–water partition coefficient (Wildman–Crippen LogP) is 0.419. The van der Waals surface area contributed by atoms with Crippen molar-refractivity contribution in [2.24, 2.45) is 0 Å². The van der Waals surface area contributed by atoms with E-state index in [-0.39, 0.29) is 18.9 Å². The van der Waals surface area contributed by atoms with Gasteiger partial charge in [-0.2, -0.15) is 0 Å². The average molecular weight is 282 g/mol. The molecule has 0 aliphatic rings. The fourth-order valence-electron chi connectivity index (χ4n) is 1.49. The molecule has 110 valence electrons. The maximum Gasteiger partial charge on any atom is 0.328 e. The number of carbonyl (C=O) groups excluding carboxylic acids is 3. The lowest BCUT2D eigenvalue weighted by molar-refractivity contribution is -0.146. The summed E-state index contributed by atoms with van der Waals surface area (Å²) in [5, 5.41) is 2.46. The van der Waals surface area contributed by atoms with Crippen molar-refractivity contribution in [2.45, 2.75) is 19.9 Å². The second-order valence-electron chi connectivity index (χ2n) is 4.18. The molecule has 1 aromatic rings. The molecule has 0 aromatic carbocycles. The van der Waals surface area contributed by atoms with Gasteiger partial charge in [-0.1, -0.05) is 0 Å². The Bertz CT molecular complexity index is 469. The average Bonchev–Trinajstić information content (AvgIpc) is 2.91. The normalized spacial score (nSPS) is 11.6. The molecule has 1 rings (SSSR count). The Hall–Kier alpha value is -2.31. The molecule has 0 radical (unpaired) electrons. The van der Waals surface area contributed by atoms with E-state index in [9.17, 15) is 14.4 Å².